The number of nitrogens with one attached hydrogen (secondary N) is 1. The summed E-state index contributed by atoms with van der Waals surface area (Å²) >= 11 is 0. The lowest BCUT2D eigenvalue weighted by atomic mass is 10.1. The van der Waals surface area contributed by atoms with Crippen LogP contribution >= 0.6 is 0 Å². The molecule has 0 amide bonds. The lowest BCUT2D eigenvalue weighted by Crippen LogP contribution is -2.30. The van der Waals surface area contributed by atoms with Crippen LogP contribution in [0.2, 0.25) is 0 Å². The van der Waals surface area contributed by atoms with E-state index in [1.807, 2.05) is 30.1 Å². The molecule has 118 valence electrons. The van der Waals surface area contributed by atoms with Gasteiger partial charge in [-0.05, 0) is 18.9 Å². The second-order valence-electron chi connectivity index (χ2n) is 5.51. The van der Waals surface area contributed by atoms with Crippen molar-refractivity contribution in [2.75, 3.05) is 37.0 Å². The van der Waals surface area contributed by atoms with Crippen molar-refractivity contribution in [3.63, 3.8) is 0 Å². The van der Waals surface area contributed by atoms with Crippen molar-refractivity contribution in [3.05, 3.63) is 30.9 Å². The lowest BCUT2D eigenvalue weighted by Gasteiger charge is -2.24. The molecule has 2 aromatic rings. The summed E-state index contributed by atoms with van der Waals surface area (Å²) in [5.74, 6) is 1.76. The first-order valence-corrected chi connectivity index (χ1v) is 7.66. The lowest BCUT2D eigenvalue weighted by molar-refractivity contribution is 0.0875. The fourth-order valence-electron chi connectivity index (χ4n) is 2.50. The molecule has 0 saturated carbocycles. The molecule has 0 spiro atoms. The van der Waals surface area contributed by atoms with E-state index in [0.717, 1.165) is 50.8 Å². The topological polar surface area (TPSA) is 68.1 Å². The van der Waals surface area contributed by atoms with Crippen LogP contribution in [0.4, 0.5) is 11.6 Å². The molecule has 0 unspecified atom stereocenters. The van der Waals surface area contributed by atoms with Crippen molar-refractivity contribution < 1.29 is 4.74 Å². The van der Waals surface area contributed by atoms with Gasteiger partial charge in [-0.3, -0.25) is 4.68 Å². The third kappa shape index (κ3) is 3.94. The zero-order valence-electron chi connectivity index (χ0n) is 12.9. The predicted octanol–water partition coefficient (Wildman–Crippen LogP) is 1.40. The van der Waals surface area contributed by atoms with Gasteiger partial charge in [0.1, 0.15) is 18.0 Å². The quantitative estimate of drug-likeness (QED) is 0.870. The first-order valence-electron chi connectivity index (χ1n) is 7.66. The number of rotatable bonds is 6. The molecule has 1 aliphatic rings. The largest absolute Gasteiger partial charge is 0.379 e. The Labute approximate surface area is 130 Å². The van der Waals surface area contributed by atoms with Crippen LogP contribution in [0.1, 0.15) is 12.8 Å². The molecular weight excluding hydrogens is 280 g/mol. The summed E-state index contributed by atoms with van der Waals surface area (Å²) in [6, 6.07) is 4.25. The minimum absolute atomic E-state index is 0.339. The summed E-state index contributed by atoms with van der Waals surface area (Å²) in [7, 11) is 2.03. The van der Waals surface area contributed by atoms with Crippen molar-refractivity contribution in [1.29, 1.82) is 0 Å². The Morgan fingerprint density at radius 2 is 2.41 bits per heavy atom. The molecule has 1 saturated heterocycles. The minimum atomic E-state index is 0.339. The number of ether oxygens (including phenoxy) is 1. The van der Waals surface area contributed by atoms with Crippen LogP contribution in [-0.2, 0) is 11.3 Å². The second-order valence-corrected chi connectivity index (χ2v) is 5.51. The molecule has 1 N–H and O–H groups in total. The average molecular weight is 302 g/mol. The van der Waals surface area contributed by atoms with E-state index in [1.165, 1.54) is 0 Å². The van der Waals surface area contributed by atoms with Gasteiger partial charge in [0.25, 0.3) is 0 Å². The molecule has 1 atom stereocenters. The van der Waals surface area contributed by atoms with E-state index in [-0.39, 0.29) is 0 Å². The summed E-state index contributed by atoms with van der Waals surface area (Å²) in [5.41, 5.74) is 0. The molecule has 0 aliphatic carbocycles. The molecule has 1 fully saturated rings. The van der Waals surface area contributed by atoms with E-state index >= 15 is 0 Å². The highest BCUT2D eigenvalue weighted by molar-refractivity contribution is 5.48. The molecule has 7 nitrogen and oxygen atoms in total. The molecular formula is C15H22N6O. The SMILES string of the molecule is CN(CCn1cccn1)c1cc(N[C@@H]2CCCOC2)ncn1. The van der Waals surface area contributed by atoms with Crippen molar-refractivity contribution in [3.8, 4) is 0 Å². The molecule has 22 heavy (non-hydrogen) atoms. The highest BCUT2D eigenvalue weighted by Crippen LogP contribution is 2.16. The Morgan fingerprint density at radius 1 is 1.45 bits per heavy atom. The molecule has 3 heterocycles. The van der Waals surface area contributed by atoms with Crippen LogP contribution in [0.15, 0.2) is 30.9 Å². The summed E-state index contributed by atoms with van der Waals surface area (Å²) in [4.78, 5) is 10.8. The molecule has 7 heteroatoms. The predicted molar refractivity (Wildman–Crippen MR) is 85.0 cm³/mol. The highest BCUT2D eigenvalue weighted by Gasteiger charge is 2.14. The summed E-state index contributed by atoms with van der Waals surface area (Å²) < 4.78 is 7.40. The van der Waals surface area contributed by atoms with Crippen LogP contribution < -0.4 is 10.2 Å². The molecule has 1 aliphatic heterocycles. The van der Waals surface area contributed by atoms with Gasteiger partial charge in [-0.1, -0.05) is 0 Å². The Balaban J connectivity index is 1.57. The van der Waals surface area contributed by atoms with E-state index in [4.69, 9.17) is 4.74 Å². The van der Waals surface area contributed by atoms with Gasteiger partial charge in [0.15, 0.2) is 0 Å². The maximum Gasteiger partial charge on any atom is 0.133 e. The van der Waals surface area contributed by atoms with Gasteiger partial charge in [-0.2, -0.15) is 5.10 Å². The van der Waals surface area contributed by atoms with Crippen LogP contribution in [0, 0.1) is 0 Å². The first-order chi connectivity index (χ1) is 10.8. The van der Waals surface area contributed by atoms with Gasteiger partial charge in [0.2, 0.25) is 0 Å². The average Bonchev–Trinajstić information content (AvgIpc) is 3.07. The number of aromatic nitrogens is 4. The molecule has 2 aromatic heterocycles. The summed E-state index contributed by atoms with van der Waals surface area (Å²) in [6.45, 7) is 3.27. The summed E-state index contributed by atoms with van der Waals surface area (Å²) in [6.07, 6.45) is 7.57. The van der Waals surface area contributed by atoms with Crippen molar-refractivity contribution in [2.24, 2.45) is 0 Å². The van der Waals surface area contributed by atoms with E-state index in [2.05, 4.69) is 25.3 Å². The first kappa shape index (κ1) is 14.8. The van der Waals surface area contributed by atoms with Crippen LogP contribution in [0.3, 0.4) is 0 Å². The molecule has 0 bridgehead atoms. The number of hydrogen-bond donors (Lipinski definition) is 1. The summed E-state index contributed by atoms with van der Waals surface area (Å²) in [5, 5.41) is 7.63. The van der Waals surface area contributed by atoms with Gasteiger partial charge in [0.05, 0.1) is 19.2 Å². The zero-order chi connectivity index (χ0) is 15.2. The molecule has 0 radical (unpaired) electrons. The van der Waals surface area contributed by atoms with Crippen molar-refractivity contribution in [2.45, 2.75) is 25.4 Å². The van der Waals surface area contributed by atoms with E-state index in [1.54, 1.807) is 12.5 Å². The standard InChI is InChI=1S/C15H22N6O/c1-20(7-8-21-6-3-5-18-21)15-10-14(16-12-17-15)19-13-4-2-9-22-11-13/h3,5-6,10,12-13H,2,4,7-9,11H2,1H3,(H,16,17,19)/t13-/m1/s1. The second kappa shape index (κ2) is 7.22. The van der Waals surface area contributed by atoms with Crippen molar-refractivity contribution >= 4 is 11.6 Å². The van der Waals surface area contributed by atoms with E-state index in [0.29, 0.717) is 6.04 Å². The zero-order valence-corrected chi connectivity index (χ0v) is 12.9. The van der Waals surface area contributed by atoms with Gasteiger partial charge in [-0.15, -0.1) is 0 Å². The van der Waals surface area contributed by atoms with Crippen LogP contribution in [-0.4, -0.2) is 52.6 Å². The normalized spacial score (nSPS) is 18.1. The van der Waals surface area contributed by atoms with Gasteiger partial charge in [0, 0.05) is 38.7 Å². The van der Waals surface area contributed by atoms with Gasteiger partial charge < -0.3 is 15.0 Å². The fraction of sp³-hybridized carbons (Fsp3) is 0.533. The Bertz CT molecular complexity index is 567. The Hall–Kier alpha value is -2.15. The van der Waals surface area contributed by atoms with Crippen LogP contribution in [0.5, 0.6) is 0 Å². The van der Waals surface area contributed by atoms with E-state index < -0.39 is 0 Å². The number of anilines is 2. The smallest absolute Gasteiger partial charge is 0.133 e. The third-order valence-electron chi connectivity index (χ3n) is 3.78. The Kier molecular flexibility index (Phi) is 4.85. The van der Waals surface area contributed by atoms with Crippen LogP contribution in [0.25, 0.3) is 0 Å². The van der Waals surface area contributed by atoms with E-state index in [9.17, 15) is 0 Å². The number of likely N-dealkylation sites (N-methyl/N-ethyl adjacent to an activating group) is 1. The number of hydrogen-bond acceptors (Lipinski definition) is 6. The highest BCUT2D eigenvalue weighted by atomic mass is 16.5. The monoisotopic (exact) mass is 302 g/mol. The fourth-order valence-corrected chi connectivity index (χ4v) is 2.50. The Morgan fingerprint density at radius 3 is 3.18 bits per heavy atom. The number of nitrogens with zero attached hydrogens (tertiary/aromatic N) is 5. The van der Waals surface area contributed by atoms with Gasteiger partial charge >= 0.3 is 0 Å². The molecule has 3 rings (SSSR count). The van der Waals surface area contributed by atoms with Crippen molar-refractivity contribution in [1.82, 2.24) is 19.7 Å². The minimum Gasteiger partial charge on any atom is -0.379 e. The molecule has 0 aromatic carbocycles. The van der Waals surface area contributed by atoms with Gasteiger partial charge in [-0.25, -0.2) is 9.97 Å². The maximum absolute atomic E-state index is 5.49. The third-order valence-corrected chi connectivity index (χ3v) is 3.78. The maximum atomic E-state index is 5.49.